The van der Waals surface area contributed by atoms with Gasteiger partial charge < -0.3 is 20.3 Å². The van der Waals surface area contributed by atoms with E-state index in [0.717, 1.165) is 17.9 Å². The summed E-state index contributed by atoms with van der Waals surface area (Å²) in [5.74, 6) is 0.494. The highest BCUT2D eigenvalue weighted by molar-refractivity contribution is 6.07. The van der Waals surface area contributed by atoms with E-state index in [2.05, 4.69) is 10.6 Å². The highest BCUT2D eigenvalue weighted by Crippen LogP contribution is 2.46. The molecule has 0 heterocycles. The number of ether oxygens (including phenoxy) is 1. The molecule has 1 aliphatic rings. The molecule has 0 atom stereocenters. The Balaban J connectivity index is 1.78. The van der Waals surface area contributed by atoms with Crippen molar-refractivity contribution in [3.8, 4) is 5.75 Å². The second kappa shape index (κ2) is 8.15. The van der Waals surface area contributed by atoms with Gasteiger partial charge in [0.2, 0.25) is 11.8 Å². The van der Waals surface area contributed by atoms with Crippen LogP contribution in [0.3, 0.4) is 0 Å². The standard InChI is InChI=1S/C18H27N3O3/c1-21(2)12-11-20-17(23)18(8-9-18)16(22)19-10-7-14-5-4-6-15(13-14)24-3/h4-6,13H,7-12H2,1-3H3,(H,19,22)(H,20,23). The fourth-order valence-corrected chi connectivity index (χ4v) is 2.56. The molecule has 132 valence electrons. The van der Waals surface area contributed by atoms with Crippen LogP contribution in [0.25, 0.3) is 0 Å². The maximum absolute atomic E-state index is 12.4. The van der Waals surface area contributed by atoms with Gasteiger partial charge in [0.1, 0.15) is 11.2 Å². The molecule has 24 heavy (non-hydrogen) atoms. The lowest BCUT2D eigenvalue weighted by molar-refractivity contribution is -0.137. The molecule has 1 aliphatic carbocycles. The quantitative estimate of drug-likeness (QED) is 0.656. The van der Waals surface area contributed by atoms with Crippen LogP contribution in [0, 0.1) is 5.41 Å². The summed E-state index contributed by atoms with van der Waals surface area (Å²) < 4.78 is 5.19. The fraction of sp³-hybridized carbons (Fsp3) is 0.556. The SMILES string of the molecule is COc1cccc(CCNC(=O)C2(C(=O)NCCN(C)C)CC2)c1. The molecule has 1 aromatic rings. The maximum Gasteiger partial charge on any atom is 0.235 e. The van der Waals surface area contributed by atoms with Crippen LogP contribution < -0.4 is 15.4 Å². The third-order valence-electron chi connectivity index (χ3n) is 4.30. The average molecular weight is 333 g/mol. The van der Waals surface area contributed by atoms with E-state index >= 15 is 0 Å². The summed E-state index contributed by atoms with van der Waals surface area (Å²) in [6.45, 7) is 1.84. The smallest absolute Gasteiger partial charge is 0.235 e. The van der Waals surface area contributed by atoms with Gasteiger partial charge in [-0.25, -0.2) is 0 Å². The lowest BCUT2D eigenvalue weighted by Gasteiger charge is -2.16. The highest BCUT2D eigenvalue weighted by Gasteiger charge is 2.56. The normalized spacial score (nSPS) is 15.0. The lowest BCUT2D eigenvalue weighted by atomic mass is 10.0. The Morgan fingerprint density at radius 1 is 1.17 bits per heavy atom. The molecule has 2 amide bonds. The van der Waals surface area contributed by atoms with E-state index in [4.69, 9.17) is 4.74 Å². The Morgan fingerprint density at radius 3 is 2.42 bits per heavy atom. The molecular formula is C18H27N3O3. The molecule has 1 aromatic carbocycles. The van der Waals surface area contributed by atoms with Crippen molar-refractivity contribution in [3.63, 3.8) is 0 Å². The molecule has 0 bridgehead atoms. The number of carbonyl (C=O) groups excluding carboxylic acids is 2. The van der Waals surface area contributed by atoms with Crippen molar-refractivity contribution < 1.29 is 14.3 Å². The van der Waals surface area contributed by atoms with Crippen LogP contribution in [0.4, 0.5) is 0 Å². The zero-order valence-electron chi connectivity index (χ0n) is 14.7. The van der Waals surface area contributed by atoms with Crippen LogP contribution in [-0.4, -0.2) is 57.6 Å². The topological polar surface area (TPSA) is 70.7 Å². The minimum Gasteiger partial charge on any atom is -0.497 e. The molecule has 1 saturated carbocycles. The van der Waals surface area contributed by atoms with Crippen molar-refractivity contribution in [1.82, 2.24) is 15.5 Å². The van der Waals surface area contributed by atoms with Crippen LogP contribution in [-0.2, 0) is 16.0 Å². The molecule has 6 nitrogen and oxygen atoms in total. The van der Waals surface area contributed by atoms with Crippen LogP contribution >= 0.6 is 0 Å². The number of methoxy groups -OCH3 is 1. The summed E-state index contributed by atoms with van der Waals surface area (Å²) in [5.41, 5.74) is 0.246. The molecule has 0 aliphatic heterocycles. The molecule has 0 unspecified atom stereocenters. The summed E-state index contributed by atoms with van der Waals surface area (Å²) in [6.07, 6.45) is 1.97. The second-order valence-corrected chi connectivity index (χ2v) is 6.50. The first-order chi connectivity index (χ1) is 11.5. The van der Waals surface area contributed by atoms with Gasteiger partial charge in [0.25, 0.3) is 0 Å². The zero-order valence-corrected chi connectivity index (χ0v) is 14.7. The van der Waals surface area contributed by atoms with Gasteiger partial charge in [0, 0.05) is 19.6 Å². The van der Waals surface area contributed by atoms with Gasteiger partial charge in [-0.3, -0.25) is 9.59 Å². The van der Waals surface area contributed by atoms with E-state index < -0.39 is 5.41 Å². The van der Waals surface area contributed by atoms with Gasteiger partial charge in [-0.05, 0) is 51.1 Å². The Morgan fingerprint density at radius 2 is 1.83 bits per heavy atom. The number of rotatable bonds is 9. The molecule has 1 fully saturated rings. The van der Waals surface area contributed by atoms with Crippen molar-refractivity contribution >= 4 is 11.8 Å². The van der Waals surface area contributed by atoms with E-state index in [0.29, 0.717) is 32.4 Å². The second-order valence-electron chi connectivity index (χ2n) is 6.50. The van der Waals surface area contributed by atoms with E-state index in [-0.39, 0.29) is 11.8 Å². The molecular weight excluding hydrogens is 306 g/mol. The largest absolute Gasteiger partial charge is 0.497 e. The number of carbonyl (C=O) groups is 2. The first-order valence-corrected chi connectivity index (χ1v) is 8.32. The van der Waals surface area contributed by atoms with Crippen molar-refractivity contribution in [2.75, 3.05) is 40.8 Å². The molecule has 0 aromatic heterocycles. The zero-order chi connectivity index (χ0) is 17.6. The van der Waals surface area contributed by atoms with E-state index in [1.54, 1.807) is 7.11 Å². The lowest BCUT2D eigenvalue weighted by Crippen LogP contribution is -2.45. The summed E-state index contributed by atoms with van der Waals surface area (Å²) in [5, 5.41) is 5.76. The number of hydrogen-bond donors (Lipinski definition) is 2. The minimum atomic E-state index is -0.847. The molecule has 0 saturated heterocycles. The first kappa shape index (κ1) is 18.3. The van der Waals surface area contributed by atoms with E-state index in [9.17, 15) is 9.59 Å². The Kier molecular flexibility index (Phi) is 6.20. The van der Waals surface area contributed by atoms with Gasteiger partial charge >= 0.3 is 0 Å². The summed E-state index contributed by atoms with van der Waals surface area (Å²) in [7, 11) is 5.53. The van der Waals surface area contributed by atoms with Gasteiger partial charge in [-0.2, -0.15) is 0 Å². The number of hydrogen-bond acceptors (Lipinski definition) is 4. The molecule has 2 rings (SSSR count). The van der Waals surface area contributed by atoms with Gasteiger partial charge in [-0.1, -0.05) is 12.1 Å². The Bertz CT molecular complexity index is 583. The van der Waals surface area contributed by atoms with Crippen molar-refractivity contribution in [1.29, 1.82) is 0 Å². The average Bonchev–Trinajstić information content (AvgIpc) is 3.36. The van der Waals surface area contributed by atoms with Gasteiger partial charge in [0.05, 0.1) is 7.11 Å². The van der Waals surface area contributed by atoms with Gasteiger partial charge in [-0.15, -0.1) is 0 Å². The highest BCUT2D eigenvalue weighted by atomic mass is 16.5. The number of nitrogens with zero attached hydrogens (tertiary/aromatic N) is 1. The summed E-state index contributed by atoms with van der Waals surface area (Å²) >= 11 is 0. The molecule has 0 radical (unpaired) electrons. The van der Waals surface area contributed by atoms with Gasteiger partial charge in [0.15, 0.2) is 0 Å². The summed E-state index contributed by atoms with van der Waals surface area (Å²) in [4.78, 5) is 26.6. The minimum absolute atomic E-state index is 0.150. The maximum atomic E-state index is 12.4. The van der Waals surface area contributed by atoms with Crippen LogP contribution in [0.2, 0.25) is 0 Å². The Hall–Kier alpha value is -2.08. The van der Waals surface area contributed by atoms with Crippen molar-refractivity contribution in [2.45, 2.75) is 19.3 Å². The van der Waals surface area contributed by atoms with Crippen molar-refractivity contribution in [2.24, 2.45) is 5.41 Å². The number of amides is 2. The molecule has 6 heteroatoms. The predicted molar refractivity (Wildman–Crippen MR) is 92.9 cm³/mol. The number of benzene rings is 1. The monoisotopic (exact) mass is 333 g/mol. The predicted octanol–water partition coefficient (Wildman–Crippen LogP) is 0.812. The Labute approximate surface area is 143 Å². The number of likely N-dealkylation sites (N-methyl/N-ethyl adjacent to an activating group) is 1. The third kappa shape index (κ3) is 4.71. The molecule has 0 spiro atoms. The number of nitrogens with one attached hydrogen (secondary N) is 2. The van der Waals surface area contributed by atoms with E-state index in [1.165, 1.54) is 0 Å². The fourth-order valence-electron chi connectivity index (χ4n) is 2.56. The van der Waals surface area contributed by atoms with E-state index in [1.807, 2.05) is 43.3 Å². The van der Waals surface area contributed by atoms with Crippen molar-refractivity contribution in [3.05, 3.63) is 29.8 Å². The van der Waals surface area contributed by atoms with Crippen LogP contribution in [0.1, 0.15) is 18.4 Å². The first-order valence-electron chi connectivity index (χ1n) is 8.32. The van der Waals surface area contributed by atoms with Crippen LogP contribution in [0.5, 0.6) is 5.75 Å². The third-order valence-corrected chi connectivity index (χ3v) is 4.30. The molecule has 2 N–H and O–H groups in total. The van der Waals surface area contributed by atoms with Crippen LogP contribution in [0.15, 0.2) is 24.3 Å². The summed E-state index contributed by atoms with van der Waals surface area (Å²) in [6, 6.07) is 7.76.